The molecule has 0 amide bonds. The quantitative estimate of drug-likeness (QED) is 0.200. The van der Waals surface area contributed by atoms with Crippen molar-refractivity contribution in [2.45, 2.75) is 66.0 Å². The first-order valence-electron chi connectivity index (χ1n) is 13.5. The monoisotopic (exact) mass is 580 g/mol. The van der Waals surface area contributed by atoms with E-state index in [0.717, 1.165) is 0 Å². The van der Waals surface area contributed by atoms with Crippen molar-refractivity contribution in [2.75, 3.05) is 48.3 Å². The lowest BCUT2D eigenvalue weighted by molar-refractivity contribution is -0.162. The molecule has 0 radical (unpaired) electrons. The molecule has 41 heavy (non-hydrogen) atoms. The zero-order valence-electron chi connectivity index (χ0n) is 25.5. The number of aliphatic hydroxyl groups is 1. The molecule has 2 unspecified atom stereocenters. The highest BCUT2D eigenvalue weighted by molar-refractivity contribution is 5.87. The van der Waals surface area contributed by atoms with Gasteiger partial charge in [0.15, 0.2) is 35.6 Å². The topological polar surface area (TPSA) is 120 Å². The molecule has 0 heterocycles. The molecule has 1 N–H and O–H groups in total. The molecule has 0 spiro atoms. The number of hydrogen-bond donors (Lipinski definition) is 1. The molecule has 2 atom stereocenters. The Morgan fingerprint density at radius 1 is 0.659 bits per heavy atom. The van der Waals surface area contributed by atoms with E-state index in [-0.39, 0.29) is 42.4 Å². The van der Waals surface area contributed by atoms with Crippen LogP contribution >= 0.6 is 0 Å². The number of ether oxygens (including phenoxy) is 9. The summed E-state index contributed by atoms with van der Waals surface area (Å²) in [4.78, 5) is 13.8. The Hall–Kier alpha value is -3.09. The van der Waals surface area contributed by atoms with Crippen molar-refractivity contribution in [3.8, 4) is 23.0 Å². The number of benzene rings is 2. The van der Waals surface area contributed by atoms with Crippen molar-refractivity contribution in [3.05, 3.63) is 46.5 Å². The third kappa shape index (κ3) is 8.23. The maximum Gasteiger partial charge on any atom is 0.347 e. The van der Waals surface area contributed by atoms with Gasteiger partial charge in [-0.3, -0.25) is 0 Å². The molecule has 0 aliphatic heterocycles. The van der Waals surface area contributed by atoms with Gasteiger partial charge >= 0.3 is 5.97 Å². The lowest BCUT2D eigenvalue weighted by atomic mass is 9.80. The standard InChI is InChI=1S/C30H44O11/c1-10-37-19(4)40-17-21-13-25(33-6)27(35-8)15-23(21)30(32,29(31)39-12-3)24-16-28(36-9)26(34-7)14-22(24)18-41-20(5)38-11-2/h13-16,19-20,32H,10-12,17-18H2,1-9H3. The summed E-state index contributed by atoms with van der Waals surface area (Å²) < 4.78 is 50.4. The maximum atomic E-state index is 13.8. The van der Waals surface area contributed by atoms with Crippen molar-refractivity contribution >= 4 is 5.97 Å². The molecule has 0 bridgehead atoms. The largest absolute Gasteiger partial charge is 0.493 e. The molecular formula is C30H44O11. The van der Waals surface area contributed by atoms with Gasteiger partial charge in [0.05, 0.1) is 48.3 Å². The number of methoxy groups -OCH3 is 4. The Balaban J connectivity index is 2.90. The van der Waals surface area contributed by atoms with Gasteiger partial charge in [-0.1, -0.05) is 0 Å². The summed E-state index contributed by atoms with van der Waals surface area (Å²) in [6.07, 6.45) is -1.11. The zero-order valence-corrected chi connectivity index (χ0v) is 25.5. The summed E-state index contributed by atoms with van der Waals surface area (Å²) in [7, 11) is 5.91. The van der Waals surface area contributed by atoms with E-state index < -0.39 is 24.2 Å². The smallest absolute Gasteiger partial charge is 0.347 e. The van der Waals surface area contributed by atoms with Crippen LogP contribution in [-0.2, 0) is 47.3 Å². The summed E-state index contributed by atoms with van der Waals surface area (Å²) in [5, 5.41) is 12.6. The Kier molecular flexibility index (Phi) is 13.6. The lowest BCUT2D eigenvalue weighted by Crippen LogP contribution is -2.41. The molecule has 230 valence electrons. The minimum atomic E-state index is -2.36. The average molecular weight is 581 g/mol. The fraction of sp³-hybridized carbons (Fsp3) is 0.567. The second kappa shape index (κ2) is 16.4. The highest BCUT2D eigenvalue weighted by Crippen LogP contribution is 2.44. The van der Waals surface area contributed by atoms with E-state index in [2.05, 4.69) is 0 Å². The van der Waals surface area contributed by atoms with Gasteiger partial charge in [-0.05, 0) is 70.0 Å². The van der Waals surface area contributed by atoms with Crippen LogP contribution in [0, 0.1) is 0 Å². The molecule has 2 aromatic carbocycles. The third-order valence-electron chi connectivity index (χ3n) is 6.32. The summed E-state index contributed by atoms with van der Waals surface area (Å²) in [6, 6.07) is 6.35. The van der Waals surface area contributed by atoms with Crippen LogP contribution < -0.4 is 18.9 Å². The van der Waals surface area contributed by atoms with Crippen LogP contribution in [0.4, 0.5) is 0 Å². The van der Waals surface area contributed by atoms with E-state index in [1.54, 1.807) is 32.9 Å². The first kappa shape index (κ1) is 34.1. The van der Waals surface area contributed by atoms with Gasteiger partial charge in [-0.25, -0.2) is 4.79 Å². The SMILES string of the molecule is CCOC(=O)C(O)(c1cc(OC)c(OC)cc1COC(C)OCC)c1cc(OC)c(OC)cc1COC(C)OCC. The van der Waals surface area contributed by atoms with Gasteiger partial charge in [0.1, 0.15) is 0 Å². The molecule has 2 aromatic rings. The predicted molar refractivity (Wildman–Crippen MR) is 150 cm³/mol. The Morgan fingerprint density at radius 2 is 1.02 bits per heavy atom. The molecule has 0 aliphatic rings. The van der Waals surface area contributed by atoms with Crippen LogP contribution in [0.25, 0.3) is 0 Å². The zero-order chi connectivity index (χ0) is 30.6. The minimum absolute atomic E-state index is 0.0160. The van der Waals surface area contributed by atoms with E-state index in [1.165, 1.54) is 40.6 Å². The molecule has 0 saturated heterocycles. The van der Waals surface area contributed by atoms with Crippen LogP contribution in [0.15, 0.2) is 24.3 Å². The van der Waals surface area contributed by atoms with Crippen molar-refractivity contribution in [2.24, 2.45) is 0 Å². The van der Waals surface area contributed by atoms with Gasteiger partial charge in [0.25, 0.3) is 0 Å². The average Bonchev–Trinajstić information content (AvgIpc) is 2.97. The number of esters is 1. The lowest BCUT2D eigenvalue weighted by Gasteiger charge is -2.32. The maximum absolute atomic E-state index is 13.8. The molecule has 11 nitrogen and oxygen atoms in total. The van der Waals surface area contributed by atoms with E-state index in [4.69, 9.17) is 42.6 Å². The van der Waals surface area contributed by atoms with E-state index in [0.29, 0.717) is 35.8 Å². The normalized spacial score (nSPS) is 14.1. The fourth-order valence-corrected chi connectivity index (χ4v) is 4.34. The first-order chi connectivity index (χ1) is 19.6. The summed E-state index contributed by atoms with van der Waals surface area (Å²) in [6.45, 7) is 9.73. The van der Waals surface area contributed by atoms with Gasteiger partial charge in [-0.2, -0.15) is 0 Å². The number of carbonyl (C=O) groups is 1. The highest BCUT2D eigenvalue weighted by Gasteiger charge is 2.46. The Labute approximate surface area is 242 Å². The Bertz CT molecular complexity index is 1040. The highest BCUT2D eigenvalue weighted by atomic mass is 16.7. The number of hydrogen-bond acceptors (Lipinski definition) is 11. The second-order valence-electron chi connectivity index (χ2n) is 8.83. The van der Waals surface area contributed by atoms with Gasteiger partial charge in [0, 0.05) is 24.3 Å². The summed E-state index contributed by atoms with van der Waals surface area (Å²) >= 11 is 0. The van der Waals surface area contributed by atoms with E-state index in [9.17, 15) is 9.90 Å². The molecule has 0 aliphatic carbocycles. The summed E-state index contributed by atoms with van der Waals surface area (Å²) in [5.74, 6) is 0.417. The van der Waals surface area contributed by atoms with Crippen LogP contribution in [-0.4, -0.2) is 71.9 Å². The van der Waals surface area contributed by atoms with Crippen LogP contribution in [0.1, 0.15) is 56.9 Å². The van der Waals surface area contributed by atoms with Crippen LogP contribution in [0.5, 0.6) is 23.0 Å². The van der Waals surface area contributed by atoms with E-state index >= 15 is 0 Å². The van der Waals surface area contributed by atoms with Crippen molar-refractivity contribution in [1.82, 2.24) is 0 Å². The summed E-state index contributed by atoms with van der Waals surface area (Å²) in [5.41, 5.74) is -1.17. The molecule has 2 rings (SSSR count). The fourth-order valence-electron chi connectivity index (χ4n) is 4.34. The van der Waals surface area contributed by atoms with E-state index in [1.807, 2.05) is 13.8 Å². The molecule has 0 fully saturated rings. The first-order valence-corrected chi connectivity index (χ1v) is 13.5. The molecule has 0 saturated carbocycles. The van der Waals surface area contributed by atoms with Crippen molar-refractivity contribution < 1.29 is 52.5 Å². The Morgan fingerprint density at radius 3 is 1.34 bits per heavy atom. The van der Waals surface area contributed by atoms with Gasteiger partial charge in [0.2, 0.25) is 5.60 Å². The molecule has 0 aromatic heterocycles. The van der Waals surface area contributed by atoms with Crippen molar-refractivity contribution in [3.63, 3.8) is 0 Å². The van der Waals surface area contributed by atoms with Crippen LogP contribution in [0.3, 0.4) is 0 Å². The van der Waals surface area contributed by atoms with Gasteiger partial charge in [-0.15, -0.1) is 0 Å². The molecular weight excluding hydrogens is 536 g/mol. The molecule has 11 heteroatoms. The van der Waals surface area contributed by atoms with Gasteiger partial charge < -0.3 is 47.7 Å². The van der Waals surface area contributed by atoms with Crippen molar-refractivity contribution in [1.29, 1.82) is 0 Å². The third-order valence-corrected chi connectivity index (χ3v) is 6.32. The number of rotatable bonds is 18. The second-order valence-corrected chi connectivity index (χ2v) is 8.83. The van der Waals surface area contributed by atoms with Crippen LogP contribution in [0.2, 0.25) is 0 Å². The minimum Gasteiger partial charge on any atom is -0.493 e. The predicted octanol–water partition coefficient (Wildman–Crippen LogP) is 4.32. The number of carbonyl (C=O) groups excluding carboxylic acids is 1.